The van der Waals surface area contributed by atoms with Gasteiger partial charge in [0.05, 0.1) is 6.61 Å². The second-order valence-corrected chi connectivity index (χ2v) is 6.40. The van der Waals surface area contributed by atoms with Crippen molar-refractivity contribution in [1.29, 1.82) is 0 Å². The molecule has 1 amide bonds. The Balaban J connectivity index is 1.84. The van der Waals surface area contributed by atoms with Gasteiger partial charge in [-0.05, 0) is 25.8 Å². The predicted molar refractivity (Wildman–Crippen MR) is 101 cm³/mol. The minimum absolute atomic E-state index is 0.0736. The molecule has 1 aliphatic rings. The van der Waals surface area contributed by atoms with Crippen LogP contribution >= 0.6 is 0 Å². The van der Waals surface area contributed by atoms with Gasteiger partial charge in [0.15, 0.2) is 12.6 Å². The number of carbonyl (C=O) groups is 1. The van der Waals surface area contributed by atoms with E-state index in [0.29, 0.717) is 31.2 Å². The highest BCUT2D eigenvalue weighted by molar-refractivity contribution is 5.80. The van der Waals surface area contributed by atoms with Crippen LogP contribution in [0.15, 0.2) is 23.3 Å². The first-order chi connectivity index (χ1) is 13.8. The van der Waals surface area contributed by atoms with Gasteiger partial charge in [0.2, 0.25) is 5.88 Å². The molecule has 1 aromatic heterocycles. The van der Waals surface area contributed by atoms with E-state index in [-0.39, 0.29) is 24.6 Å². The first-order valence-corrected chi connectivity index (χ1v) is 9.34. The second kappa shape index (κ2) is 10.7. The van der Waals surface area contributed by atoms with Crippen LogP contribution in [-0.4, -0.2) is 67.5 Å². The summed E-state index contributed by atoms with van der Waals surface area (Å²) in [7, 11) is 1.60. The van der Waals surface area contributed by atoms with Gasteiger partial charge in [-0.2, -0.15) is 13.2 Å². The maximum Gasteiger partial charge on any atom is 0.422 e. The van der Waals surface area contributed by atoms with Crippen LogP contribution in [0.25, 0.3) is 0 Å². The van der Waals surface area contributed by atoms with Gasteiger partial charge in [-0.1, -0.05) is 6.07 Å². The van der Waals surface area contributed by atoms with E-state index >= 15 is 0 Å². The summed E-state index contributed by atoms with van der Waals surface area (Å²) in [6.07, 6.45) is -1.91. The molecule has 1 saturated heterocycles. The number of alkyl halides is 3. The summed E-state index contributed by atoms with van der Waals surface area (Å²) >= 11 is 0. The monoisotopic (exact) mass is 417 g/mol. The Bertz CT molecular complexity index is 692. The van der Waals surface area contributed by atoms with Crippen molar-refractivity contribution in [2.45, 2.75) is 38.5 Å². The normalized spacial score (nSPS) is 15.8. The fraction of sp³-hybridized carbons (Fsp3) is 0.611. The van der Waals surface area contributed by atoms with Gasteiger partial charge >= 0.3 is 12.3 Å². The van der Waals surface area contributed by atoms with Crippen molar-refractivity contribution in [3.05, 3.63) is 23.9 Å². The third-order valence-electron chi connectivity index (χ3n) is 4.25. The summed E-state index contributed by atoms with van der Waals surface area (Å²) in [4.78, 5) is 21.4. The number of piperidine rings is 1. The third-order valence-corrected chi connectivity index (χ3v) is 4.25. The van der Waals surface area contributed by atoms with Gasteiger partial charge in [0.1, 0.15) is 0 Å². The van der Waals surface area contributed by atoms with Gasteiger partial charge < -0.3 is 25.0 Å². The highest BCUT2D eigenvalue weighted by Gasteiger charge is 2.29. The molecule has 0 saturated carbocycles. The average Bonchev–Trinajstić information content (AvgIpc) is 2.70. The second-order valence-electron chi connectivity index (χ2n) is 6.40. The average molecular weight is 417 g/mol. The number of likely N-dealkylation sites (tertiary alicyclic amines) is 1. The maximum atomic E-state index is 12.4. The van der Waals surface area contributed by atoms with Crippen LogP contribution in [0.1, 0.15) is 25.3 Å². The smallest absolute Gasteiger partial charge is 0.422 e. The molecule has 2 heterocycles. The minimum Gasteiger partial charge on any atom is -0.468 e. The number of pyridine rings is 1. The van der Waals surface area contributed by atoms with Crippen molar-refractivity contribution < 1.29 is 27.4 Å². The molecule has 0 spiro atoms. The van der Waals surface area contributed by atoms with Gasteiger partial charge in [0, 0.05) is 44.5 Å². The van der Waals surface area contributed by atoms with E-state index in [1.807, 2.05) is 0 Å². The molecule has 2 rings (SSSR count). The first kappa shape index (κ1) is 22.6. The highest BCUT2D eigenvalue weighted by atomic mass is 19.4. The van der Waals surface area contributed by atoms with E-state index < -0.39 is 12.8 Å². The molecular weight excluding hydrogens is 391 g/mol. The molecule has 29 heavy (non-hydrogen) atoms. The lowest BCUT2D eigenvalue weighted by molar-refractivity contribution is -0.154. The first-order valence-electron chi connectivity index (χ1n) is 9.34. The standard InChI is InChI=1S/C18H26F3N5O3/c1-3-28-17(27)26-9-6-14(7-10-26)25-16(22-2)24-11-13-5-4-8-23-15(13)29-12-18(19,20)21/h4-5,8,14H,3,6-7,9-12H2,1-2H3,(H2,22,24,25). The quantitative estimate of drug-likeness (QED) is 0.546. The number of rotatable bonds is 6. The fourth-order valence-corrected chi connectivity index (χ4v) is 2.83. The van der Waals surface area contributed by atoms with E-state index in [9.17, 15) is 18.0 Å². The van der Waals surface area contributed by atoms with Crippen LogP contribution in [0.3, 0.4) is 0 Å². The third kappa shape index (κ3) is 7.66. The molecule has 162 valence electrons. The van der Waals surface area contributed by atoms with Crippen molar-refractivity contribution in [3.63, 3.8) is 0 Å². The summed E-state index contributed by atoms with van der Waals surface area (Å²) in [5.41, 5.74) is 0.483. The van der Waals surface area contributed by atoms with Crippen molar-refractivity contribution in [3.8, 4) is 5.88 Å². The van der Waals surface area contributed by atoms with Gasteiger partial charge in [-0.15, -0.1) is 0 Å². The maximum absolute atomic E-state index is 12.4. The zero-order valence-electron chi connectivity index (χ0n) is 16.5. The number of hydrogen-bond donors (Lipinski definition) is 2. The number of guanidine groups is 1. The molecule has 8 nitrogen and oxygen atoms in total. The lowest BCUT2D eigenvalue weighted by Crippen LogP contribution is -2.49. The van der Waals surface area contributed by atoms with E-state index in [0.717, 1.165) is 12.8 Å². The Kier molecular flexibility index (Phi) is 8.34. The zero-order chi connectivity index (χ0) is 21.3. The zero-order valence-corrected chi connectivity index (χ0v) is 16.5. The largest absolute Gasteiger partial charge is 0.468 e. The molecule has 0 radical (unpaired) electrons. The Morgan fingerprint density at radius 3 is 2.72 bits per heavy atom. The number of aromatic nitrogens is 1. The molecule has 0 bridgehead atoms. The van der Waals surface area contributed by atoms with Crippen molar-refractivity contribution in [1.82, 2.24) is 20.5 Å². The molecule has 1 aliphatic heterocycles. The highest BCUT2D eigenvalue weighted by Crippen LogP contribution is 2.20. The molecular formula is C18H26F3N5O3. The predicted octanol–water partition coefficient (Wildman–Crippen LogP) is 2.31. The van der Waals surface area contributed by atoms with Crippen LogP contribution in [0.4, 0.5) is 18.0 Å². The number of hydrogen-bond acceptors (Lipinski definition) is 5. The molecule has 0 aromatic carbocycles. The van der Waals surface area contributed by atoms with Gasteiger partial charge in [0.25, 0.3) is 0 Å². The number of nitrogens with zero attached hydrogens (tertiary/aromatic N) is 3. The summed E-state index contributed by atoms with van der Waals surface area (Å²) in [6.45, 7) is 2.06. The lowest BCUT2D eigenvalue weighted by atomic mass is 10.1. The summed E-state index contributed by atoms with van der Waals surface area (Å²) in [6, 6.07) is 3.37. The molecule has 1 fully saturated rings. The summed E-state index contributed by atoms with van der Waals surface area (Å²) < 4.78 is 47.0. The van der Waals surface area contributed by atoms with Crippen LogP contribution in [-0.2, 0) is 11.3 Å². The Labute approximate surface area is 167 Å². The summed E-state index contributed by atoms with van der Waals surface area (Å²) in [5.74, 6) is 0.431. The Morgan fingerprint density at radius 2 is 2.10 bits per heavy atom. The number of halogens is 3. The lowest BCUT2D eigenvalue weighted by Gasteiger charge is -2.32. The van der Waals surface area contributed by atoms with Crippen LogP contribution in [0.5, 0.6) is 5.88 Å². The van der Waals surface area contributed by atoms with Crippen molar-refractivity contribution in [2.24, 2.45) is 4.99 Å². The number of nitrogens with one attached hydrogen (secondary N) is 2. The Morgan fingerprint density at radius 1 is 1.38 bits per heavy atom. The number of carbonyl (C=O) groups excluding carboxylic acids is 1. The van der Waals surface area contributed by atoms with Crippen LogP contribution in [0.2, 0.25) is 0 Å². The van der Waals surface area contributed by atoms with E-state index in [2.05, 4.69) is 20.6 Å². The van der Waals surface area contributed by atoms with E-state index in [1.165, 1.54) is 6.20 Å². The summed E-state index contributed by atoms with van der Waals surface area (Å²) in [5, 5.41) is 6.32. The molecule has 0 aliphatic carbocycles. The topological polar surface area (TPSA) is 88.1 Å². The number of ether oxygens (including phenoxy) is 2. The molecule has 2 N–H and O–H groups in total. The van der Waals surface area contributed by atoms with Crippen LogP contribution < -0.4 is 15.4 Å². The number of aliphatic imine (C=N–C) groups is 1. The SMILES string of the molecule is CCOC(=O)N1CCC(NC(=NC)NCc2cccnc2OCC(F)(F)F)CC1. The molecule has 11 heteroatoms. The Hall–Kier alpha value is -2.72. The van der Waals surface area contributed by atoms with Gasteiger partial charge in [-0.3, -0.25) is 4.99 Å². The molecule has 0 unspecified atom stereocenters. The van der Waals surface area contributed by atoms with Gasteiger partial charge in [-0.25, -0.2) is 9.78 Å². The van der Waals surface area contributed by atoms with E-state index in [1.54, 1.807) is 31.0 Å². The van der Waals surface area contributed by atoms with Crippen LogP contribution in [0, 0.1) is 0 Å². The minimum atomic E-state index is -4.43. The van der Waals surface area contributed by atoms with Crippen molar-refractivity contribution in [2.75, 3.05) is 33.4 Å². The van der Waals surface area contributed by atoms with E-state index in [4.69, 9.17) is 9.47 Å². The fourth-order valence-electron chi connectivity index (χ4n) is 2.83. The number of amides is 1. The molecule has 0 atom stereocenters. The van der Waals surface area contributed by atoms with Crippen molar-refractivity contribution >= 4 is 12.1 Å². The molecule has 1 aromatic rings.